The summed E-state index contributed by atoms with van der Waals surface area (Å²) >= 11 is 1.85. The van der Waals surface area contributed by atoms with Gasteiger partial charge in [-0.3, -0.25) is 4.98 Å². The molecule has 0 bridgehead atoms. The van der Waals surface area contributed by atoms with Gasteiger partial charge >= 0.3 is 0 Å². The molecule has 2 heterocycles. The van der Waals surface area contributed by atoms with Crippen molar-refractivity contribution in [1.29, 1.82) is 0 Å². The molecule has 1 aliphatic rings. The van der Waals surface area contributed by atoms with Gasteiger partial charge in [-0.15, -0.1) is 11.3 Å². The van der Waals surface area contributed by atoms with Gasteiger partial charge in [-0.05, 0) is 81.9 Å². The lowest BCUT2D eigenvalue weighted by atomic mass is 9.82. The summed E-state index contributed by atoms with van der Waals surface area (Å²) in [6.07, 6.45) is 1.88. The van der Waals surface area contributed by atoms with E-state index >= 15 is 0 Å². The molecule has 2 aromatic heterocycles. The highest BCUT2D eigenvalue weighted by molar-refractivity contribution is 7.26. The summed E-state index contributed by atoms with van der Waals surface area (Å²) in [5.41, 5.74) is 12.3. The lowest BCUT2D eigenvalue weighted by Gasteiger charge is -2.28. The molecule has 0 saturated heterocycles. The van der Waals surface area contributed by atoms with Crippen molar-refractivity contribution in [1.82, 2.24) is 4.98 Å². The Kier molecular flexibility index (Phi) is 5.75. The van der Waals surface area contributed by atoms with E-state index in [9.17, 15) is 0 Å². The van der Waals surface area contributed by atoms with E-state index in [1.54, 1.807) is 0 Å². The van der Waals surface area contributed by atoms with Gasteiger partial charge in [-0.25, -0.2) is 0 Å². The molecule has 2 nitrogen and oxygen atoms in total. The van der Waals surface area contributed by atoms with Crippen molar-refractivity contribution in [2.24, 2.45) is 0 Å². The van der Waals surface area contributed by atoms with E-state index in [2.05, 4.69) is 157 Å². The average Bonchev–Trinajstić information content (AvgIpc) is 3.56. The molecule has 0 aliphatic heterocycles. The minimum absolute atomic E-state index is 0.0336. The zero-order chi connectivity index (χ0) is 30.1. The zero-order valence-electron chi connectivity index (χ0n) is 25.2. The molecule has 6 aromatic carbocycles. The first kappa shape index (κ1) is 26.2. The molecule has 214 valence electrons. The largest absolute Gasteiger partial charge is 0.309 e. The molecule has 0 atom stereocenters. The Bertz CT molecular complexity index is 2400. The Morgan fingerprint density at radius 1 is 0.578 bits per heavy atom. The topological polar surface area (TPSA) is 16.1 Å². The monoisotopic (exact) mass is 594 g/mol. The number of rotatable bonds is 4. The van der Waals surface area contributed by atoms with Crippen molar-refractivity contribution in [2.75, 3.05) is 4.90 Å². The number of hydrogen-bond donors (Lipinski definition) is 0. The van der Waals surface area contributed by atoms with Crippen molar-refractivity contribution < 1.29 is 0 Å². The molecule has 8 aromatic rings. The molecular formula is C42H30N2S. The van der Waals surface area contributed by atoms with Crippen LogP contribution in [0, 0.1) is 0 Å². The second-order valence-corrected chi connectivity index (χ2v) is 13.5. The summed E-state index contributed by atoms with van der Waals surface area (Å²) in [5.74, 6) is 0. The second kappa shape index (κ2) is 9.88. The highest BCUT2D eigenvalue weighted by atomic mass is 32.1. The number of anilines is 3. The van der Waals surface area contributed by atoms with Gasteiger partial charge in [-0.1, -0.05) is 105 Å². The Morgan fingerprint density at radius 3 is 2.20 bits per heavy atom. The Balaban J connectivity index is 1.28. The van der Waals surface area contributed by atoms with E-state index in [-0.39, 0.29) is 5.41 Å². The summed E-state index contributed by atoms with van der Waals surface area (Å²) in [4.78, 5) is 7.09. The molecule has 1 aliphatic carbocycles. The van der Waals surface area contributed by atoms with Crippen LogP contribution in [0.3, 0.4) is 0 Å². The van der Waals surface area contributed by atoms with Crippen LogP contribution < -0.4 is 4.90 Å². The number of pyridine rings is 1. The van der Waals surface area contributed by atoms with E-state index in [1.165, 1.54) is 64.6 Å². The van der Waals surface area contributed by atoms with Crippen LogP contribution in [0.25, 0.3) is 53.3 Å². The average molecular weight is 595 g/mol. The zero-order valence-corrected chi connectivity index (χ0v) is 26.0. The lowest BCUT2D eigenvalue weighted by molar-refractivity contribution is 0.660. The lowest BCUT2D eigenvalue weighted by Crippen LogP contribution is -2.15. The van der Waals surface area contributed by atoms with Gasteiger partial charge in [0.15, 0.2) is 0 Å². The summed E-state index contributed by atoms with van der Waals surface area (Å²) in [5, 5.41) is 3.72. The van der Waals surface area contributed by atoms with Crippen LogP contribution in [0.15, 0.2) is 146 Å². The summed E-state index contributed by atoms with van der Waals surface area (Å²) in [7, 11) is 0. The van der Waals surface area contributed by atoms with Crippen LogP contribution in [-0.4, -0.2) is 4.98 Å². The number of nitrogens with zero attached hydrogens (tertiary/aromatic N) is 2. The van der Waals surface area contributed by atoms with E-state index in [1.807, 2.05) is 23.6 Å². The van der Waals surface area contributed by atoms with Gasteiger partial charge < -0.3 is 4.90 Å². The minimum atomic E-state index is -0.0336. The Hall–Kier alpha value is -5.25. The van der Waals surface area contributed by atoms with Gasteiger partial charge in [0.05, 0.1) is 15.9 Å². The fraction of sp³-hybridized carbons (Fsp3) is 0.0714. The second-order valence-electron chi connectivity index (χ2n) is 12.4. The van der Waals surface area contributed by atoms with Gasteiger partial charge in [0, 0.05) is 43.8 Å². The number of hydrogen-bond acceptors (Lipinski definition) is 3. The fourth-order valence-corrected chi connectivity index (χ4v) is 8.46. The van der Waals surface area contributed by atoms with E-state index in [4.69, 9.17) is 0 Å². The SMILES string of the molecule is CC1(C)c2ccccc2-c2cc(N(c3ccc(-c4ccccc4)cc3)c3cccc4c3sc3cc5ncccc5cc34)ccc21. The third-order valence-corrected chi connectivity index (χ3v) is 10.7. The molecule has 9 rings (SSSR count). The van der Waals surface area contributed by atoms with Crippen molar-refractivity contribution in [3.8, 4) is 22.3 Å². The third-order valence-electron chi connectivity index (χ3n) is 9.50. The number of thiophene rings is 1. The van der Waals surface area contributed by atoms with Gasteiger partial charge in [-0.2, -0.15) is 0 Å². The van der Waals surface area contributed by atoms with Crippen LogP contribution in [0.2, 0.25) is 0 Å². The van der Waals surface area contributed by atoms with Crippen molar-refractivity contribution >= 4 is 59.5 Å². The van der Waals surface area contributed by atoms with Crippen LogP contribution in [-0.2, 0) is 5.41 Å². The maximum atomic E-state index is 4.65. The number of aromatic nitrogens is 1. The van der Waals surface area contributed by atoms with E-state index in [0.29, 0.717) is 0 Å². The summed E-state index contributed by atoms with van der Waals surface area (Å²) in [6, 6.07) is 51.0. The van der Waals surface area contributed by atoms with Crippen LogP contribution in [0.1, 0.15) is 25.0 Å². The van der Waals surface area contributed by atoms with E-state index < -0.39 is 0 Å². The van der Waals surface area contributed by atoms with E-state index in [0.717, 1.165) is 16.9 Å². The van der Waals surface area contributed by atoms with Crippen molar-refractivity contribution in [3.05, 3.63) is 157 Å². The predicted molar refractivity (Wildman–Crippen MR) is 192 cm³/mol. The first-order valence-electron chi connectivity index (χ1n) is 15.5. The molecule has 45 heavy (non-hydrogen) atoms. The smallest absolute Gasteiger partial charge is 0.0716 e. The van der Waals surface area contributed by atoms with Gasteiger partial charge in [0.25, 0.3) is 0 Å². The van der Waals surface area contributed by atoms with Gasteiger partial charge in [0.1, 0.15) is 0 Å². The van der Waals surface area contributed by atoms with Crippen LogP contribution >= 0.6 is 11.3 Å². The maximum Gasteiger partial charge on any atom is 0.0716 e. The van der Waals surface area contributed by atoms with Crippen LogP contribution in [0.4, 0.5) is 17.1 Å². The number of benzene rings is 6. The first-order chi connectivity index (χ1) is 22.1. The maximum absolute atomic E-state index is 4.65. The minimum Gasteiger partial charge on any atom is -0.309 e. The van der Waals surface area contributed by atoms with Crippen LogP contribution in [0.5, 0.6) is 0 Å². The molecule has 0 radical (unpaired) electrons. The fourth-order valence-electron chi connectivity index (χ4n) is 7.23. The standard InChI is InChI=1S/C42H30N2S/c1-42(2)36-15-7-6-13-32(36)34-25-31(21-22-37(34)42)44(30-19-17-28(18-20-30)27-10-4-3-5-11-27)39-16-8-14-33-35-24-29-12-9-23-43-38(29)26-40(35)45-41(33)39/h3-26H,1-2H3. The molecule has 0 saturated carbocycles. The van der Waals surface area contributed by atoms with Crippen molar-refractivity contribution in [2.45, 2.75) is 19.3 Å². The highest BCUT2D eigenvalue weighted by Gasteiger charge is 2.35. The Labute approximate surface area is 266 Å². The molecule has 0 fully saturated rings. The highest BCUT2D eigenvalue weighted by Crippen LogP contribution is 2.51. The Morgan fingerprint density at radius 2 is 1.33 bits per heavy atom. The quantitative estimate of drug-likeness (QED) is 0.201. The number of fused-ring (bicyclic) bond motifs is 7. The summed E-state index contributed by atoms with van der Waals surface area (Å²) in [6.45, 7) is 4.68. The third kappa shape index (κ3) is 4.04. The molecule has 0 unspecified atom stereocenters. The van der Waals surface area contributed by atoms with Gasteiger partial charge in [0.2, 0.25) is 0 Å². The normalized spacial score (nSPS) is 13.3. The molecule has 0 N–H and O–H groups in total. The first-order valence-corrected chi connectivity index (χ1v) is 16.3. The molecule has 0 spiro atoms. The molecule has 3 heteroatoms. The molecule has 0 amide bonds. The molecular weight excluding hydrogens is 565 g/mol. The predicted octanol–water partition coefficient (Wildman–Crippen LogP) is 12.0. The summed E-state index contributed by atoms with van der Waals surface area (Å²) < 4.78 is 2.53. The van der Waals surface area contributed by atoms with Crippen molar-refractivity contribution in [3.63, 3.8) is 0 Å².